The van der Waals surface area contributed by atoms with E-state index in [0.717, 1.165) is 10.1 Å². The van der Waals surface area contributed by atoms with Crippen molar-refractivity contribution in [1.29, 1.82) is 0 Å². The summed E-state index contributed by atoms with van der Waals surface area (Å²) in [6.07, 6.45) is 2.48. The van der Waals surface area contributed by atoms with Crippen LogP contribution in [0.3, 0.4) is 0 Å². The lowest BCUT2D eigenvalue weighted by molar-refractivity contribution is 0.0683. The van der Waals surface area contributed by atoms with Crippen LogP contribution in [-0.2, 0) is 13.1 Å². The van der Waals surface area contributed by atoms with Crippen LogP contribution in [0.2, 0.25) is 5.02 Å². The van der Waals surface area contributed by atoms with Crippen molar-refractivity contribution in [1.82, 2.24) is 24.1 Å². The van der Waals surface area contributed by atoms with Gasteiger partial charge in [0.15, 0.2) is 5.75 Å². The van der Waals surface area contributed by atoms with Crippen LogP contribution in [0.15, 0.2) is 70.5 Å². The Labute approximate surface area is 208 Å². The fourth-order valence-corrected chi connectivity index (χ4v) is 3.31. The standard InChI is InChI=1S/C23H19ClN6O6/c24-15-3-1-14(2-4-15)13-30-21(28-22(34)29(9-10-31)23(30)35)27-16-5-7-17(8-6-16)36-18-11-25-19(20(32)33)26-12-18/h1-8,11-12,31H,9-10,13H2,(H,32,33)(H,27,28,34). The Hall–Kier alpha value is -4.55. The normalized spacial score (nSPS) is 10.7. The molecule has 4 aromatic rings. The zero-order valence-corrected chi connectivity index (χ0v) is 19.3. The first-order valence-corrected chi connectivity index (χ1v) is 10.9. The first-order valence-electron chi connectivity index (χ1n) is 10.5. The van der Waals surface area contributed by atoms with Gasteiger partial charge in [0.2, 0.25) is 11.8 Å². The lowest BCUT2D eigenvalue weighted by Crippen LogP contribution is -2.43. The zero-order valence-electron chi connectivity index (χ0n) is 18.5. The van der Waals surface area contributed by atoms with E-state index < -0.39 is 24.0 Å². The minimum Gasteiger partial charge on any atom is -0.475 e. The summed E-state index contributed by atoms with van der Waals surface area (Å²) in [5.41, 5.74) is -0.170. The van der Waals surface area contributed by atoms with E-state index in [2.05, 4.69) is 20.3 Å². The van der Waals surface area contributed by atoms with Gasteiger partial charge in [-0.15, -0.1) is 0 Å². The van der Waals surface area contributed by atoms with Crippen LogP contribution in [0, 0.1) is 0 Å². The van der Waals surface area contributed by atoms with Crippen molar-refractivity contribution in [2.75, 3.05) is 11.9 Å². The highest BCUT2D eigenvalue weighted by Crippen LogP contribution is 2.23. The van der Waals surface area contributed by atoms with Gasteiger partial charge in [-0.1, -0.05) is 23.7 Å². The van der Waals surface area contributed by atoms with Gasteiger partial charge in [0.05, 0.1) is 32.1 Å². The second-order valence-electron chi connectivity index (χ2n) is 7.39. The summed E-state index contributed by atoms with van der Waals surface area (Å²) in [5.74, 6) is -0.923. The molecule has 36 heavy (non-hydrogen) atoms. The number of aliphatic hydroxyl groups is 1. The average Bonchev–Trinajstić information content (AvgIpc) is 2.87. The smallest absolute Gasteiger partial charge is 0.373 e. The Kier molecular flexibility index (Phi) is 7.37. The molecular formula is C23H19ClN6O6. The van der Waals surface area contributed by atoms with E-state index in [9.17, 15) is 19.5 Å². The van der Waals surface area contributed by atoms with Crippen LogP contribution < -0.4 is 21.4 Å². The molecule has 2 heterocycles. The summed E-state index contributed by atoms with van der Waals surface area (Å²) in [5, 5.41) is 21.6. The van der Waals surface area contributed by atoms with Crippen molar-refractivity contribution in [3.63, 3.8) is 0 Å². The number of nitrogens with zero attached hydrogens (tertiary/aromatic N) is 5. The van der Waals surface area contributed by atoms with Crippen LogP contribution in [0.4, 0.5) is 11.6 Å². The molecule has 0 atom stereocenters. The van der Waals surface area contributed by atoms with Gasteiger partial charge in [0.25, 0.3) is 0 Å². The molecule has 0 bridgehead atoms. The number of carboxylic acids is 1. The molecule has 4 rings (SSSR count). The highest BCUT2D eigenvalue weighted by molar-refractivity contribution is 6.30. The quantitative estimate of drug-likeness (QED) is 0.304. The highest BCUT2D eigenvalue weighted by Gasteiger charge is 2.14. The van der Waals surface area contributed by atoms with Crippen molar-refractivity contribution in [3.05, 3.63) is 98.3 Å². The third kappa shape index (κ3) is 5.74. The molecule has 0 amide bonds. The number of aromatic carboxylic acids is 1. The minimum atomic E-state index is -1.25. The van der Waals surface area contributed by atoms with Crippen molar-refractivity contribution in [2.45, 2.75) is 13.1 Å². The number of anilines is 2. The maximum Gasteiger partial charge on any atom is 0.373 e. The fourth-order valence-electron chi connectivity index (χ4n) is 3.18. The number of rotatable bonds is 9. The molecule has 0 spiro atoms. The maximum absolute atomic E-state index is 13.0. The van der Waals surface area contributed by atoms with Crippen LogP contribution in [0.1, 0.15) is 16.2 Å². The molecule has 0 aliphatic rings. The fraction of sp³-hybridized carbons (Fsp3) is 0.130. The number of ether oxygens (including phenoxy) is 1. The molecule has 0 fully saturated rings. The van der Waals surface area contributed by atoms with Gasteiger partial charge in [0.1, 0.15) is 5.75 Å². The summed E-state index contributed by atoms with van der Waals surface area (Å²) in [6, 6.07) is 13.4. The summed E-state index contributed by atoms with van der Waals surface area (Å²) in [4.78, 5) is 47.7. The number of carboxylic acid groups (broad SMARTS) is 1. The molecule has 3 N–H and O–H groups in total. The van der Waals surface area contributed by atoms with Crippen molar-refractivity contribution in [2.24, 2.45) is 0 Å². The molecule has 0 unspecified atom stereocenters. The molecule has 0 saturated heterocycles. The SMILES string of the molecule is O=C(O)c1ncc(Oc2ccc(Nc3nc(=O)n(CCO)c(=O)n3Cc3ccc(Cl)cc3)cc2)cn1. The molecule has 13 heteroatoms. The Morgan fingerprint density at radius 3 is 2.25 bits per heavy atom. The summed E-state index contributed by atoms with van der Waals surface area (Å²) in [6.45, 7) is -0.477. The zero-order chi connectivity index (χ0) is 25.7. The molecule has 2 aromatic carbocycles. The number of halogens is 1. The van der Waals surface area contributed by atoms with E-state index in [1.165, 1.54) is 17.0 Å². The van der Waals surface area contributed by atoms with Crippen LogP contribution in [0.25, 0.3) is 0 Å². The maximum atomic E-state index is 13.0. The number of nitrogens with one attached hydrogen (secondary N) is 1. The summed E-state index contributed by atoms with van der Waals surface area (Å²) < 4.78 is 7.75. The van der Waals surface area contributed by atoms with Crippen LogP contribution >= 0.6 is 11.6 Å². The van der Waals surface area contributed by atoms with Gasteiger partial charge < -0.3 is 20.3 Å². The van der Waals surface area contributed by atoms with Crippen molar-refractivity contribution < 1.29 is 19.7 Å². The molecule has 0 aliphatic heterocycles. The minimum absolute atomic E-state index is 0.0143. The Bertz CT molecular complexity index is 1480. The van der Waals surface area contributed by atoms with Crippen molar-refractivity contribution in [3.8, 4) is 11.5 Å². The summed E-state index contributed by atoms with van der Waals surface area (Å²) in [7, 11) is 0. The molecule has 12 nitrogen and oxygen atoms in total. The number of carbonyl (C=O) groups is 1. The van der Waals surface area contributed by atoms with Gasteiger partial charge in [-0.25, -0.2) is 28.9 Å². The van der Waals surface area contributed by atoms with Crippen LogP contribution in [-0.4, -0.2) is 46.9 Å². The molecule has 0 saturated carbocycles. The van der Waals surface area contributed by atoms with Gasteiger partial charge in [0, 0.05) is 10.7 Å². The van der Waals surface area contributed by atoms with Gasteiger partial charge >= 0.3 is 17.3 Å². The summed E-state index contributed by atoms with van der Waals surface area (Å²) >= 11 is 5.95. The largest absolute Gasteiger partial charge is 0.475 e. The molecule has 184 valence electrons. The number of benzene rings is 2. The first-order chi connectivity index (χ1) is 17.3. The second kappa shape index (κ2) is 10.8. The Morgan fingerprint density at radius 2 is 1.64 bits per heavy atom. The third-order valence-electron chi connectivity index (χ3n) is 4.89. The predicted octanol–water partition coefficient (Wildman–Crippen LogP) is 2.12. The topological polar surface area (TPSA) is 161 Å². The highest BCUT2D eigenvalue weighted by atomic mass is 35.5. The Balaban J connectivity index is 1.59. The van der Waals surface area contributed by atoms with E-state index in [0.29, 0.717) is 16.5 Å². The lowest BCUT2D eigenvalue weighted by Gasteiger charge is -2.15. The molecule has 2 aromatic heterocycles. The molecule has 0 radical (unpaired) electrons. The van der Waals surface area contributed by atoms with Gasteiger partial charge in [-0.3, -0.25) is 4.57 Å². The monoisotopic (exact) mass is 510 g/mol. The van der Waals surface area contributed by atoms with Crippen molar-refractivity contribution >= 4 is 29.2 Å². The second-order valence-corrected chi connectivity index (χ2v) is 7.82. The van der Waals surface area contributed by atoms with E-state index in [1.54, 1.807) is 48.5 Å². The number of hydrogen-bond acceptors (Lipinski definition) is 9. The first kappa shape index (κ1) is 24.6. The van der Waals surface area contributed by atoms with Gasteiger partial charge in [-0.2, -0.15) is 4.98 Å². The third-order valence-corrected chi connectivity index (χ3v) is 5.15. The number of hydrogen-bond donors (Lipinski definition) is 3. The van der Waals surface area contributed by atoms with E-state index in [4.69, 9.17) is 21.4 Å². The van der Waals surface area contributed by atoms with E-state index in [-0.39, 0.29) is 30.6 Å². The van der Waals surface area contributed by atoms with Crippen LogP contribution in [0.5, 0.6) is 11.5 Å². The number of aromatic nitrogens is 5. The number of aliphatic hydroxyl groups excluding tert-OH is 1. The average molecular weight is 511 g/mol. The molecule has 0 aliphatic carbocycles. The lowest BCUT2D eigenvalue weighted by atomic mass is 10.2. The predicted molar refractivity (Wildman–Crippen MR) is 129 cm³/mol. The van der Waals surface area contributed by atoms with E-state index in [1.807, 2.05) is 0 Å². The Morgan fingerprint density at radius 1 is 0.972 bits per heavy atom. The van der Waals surface area contributed by atoms with E-state index >= 15 is 0 Å². The molecular weight excluding hydrogens is 492 g/mol. The van der Waals surface area contributed by atoms with Gasteiger partial charge in [-0.05, 0) is 42.0 Å².